The number of unbranched alkanes of at least 4 members (excludes halogenated alkanes) is 2. The van der Waals surface area contributed by atoms with Crippen LogP contribution in [0.2, 0.25) is 0 Å². The summed E-state index contributed by atoms with van der Waals surface area (Å²) in [5, 5.41) is 0. The molecular weight excluding hydrogens is 220 g/mol. The Kier molecular flexibility index (Phi) is 7.07. The quantitative estimate of drug-likeness (QED) is 0.583. The van der Waals surface area contributed by atoms with Gasteiger partial charge >= 0.3 is 0 Å². The summed E-state index contributed by atoms with van der Waals surface area (Å²) in [4.78, 5) is 4.60. The predicted molar refractivity (Wildman–Crippen MR) is 78.8 cm³/mol. The van der Waals surface area contributed by atoms with Gasteiger partial charge in [-0.25, -0.2) is 4.98 Å². The lowest BCUT2D eigenvalue weighted by Gasteiger charge is -2.15. The second-order valence-corrected chi connectivity index (χ2v) is 5.58. The van der Waals surface area contributed by atoms with E-state index in [4.69, 9.17) is 0 Å². The largest absolute Gasteiger partial charge is 0.338 e. The number of hydrogen-bond acceptors (Lipinski definition) is 1. The standard InChI is InChI=1S/C16H30N2/c1-5-7-8-10-15(9-6-2)11-12-16-13-18(4)14(3)17-16/h13,15H,5-12H2,1-4H3. The molecule has 18 heavy (non-hydrogen) atoms. The summed E-state index contributed by atoms with van der Waals surface area (Å²) in [6.45, 7) is 6.66. The van der Waals surface area contributed by atoms with Crippen molar-refractivity contribution >= 4 is 0 Å². The first kappa shape index (κ1) is 15.3. The third-order valence-corrected chi connectivity index (χ3v) is 3.88. The Morgan fingerprint density at radius 3 is 2.44 bits per heavy atom. The summed E-state index contributed by atoms with van der Waals surface area (Å²) in [5.74, 6) is 2.03. The zero-order chi connectivity index (χ0) is 13.4. The molecule has 0 N–H and O–H groups in total. The molecule has 0 aromatic carbocycles. The van der Waals surface area contributed by atoms with E-state index in [-0.39, 0.29) is 0 Å². The highest BCUT2D eigenvalue weighted by Crippen LogP contribution is 2.21. The molecule has 0 fully saturated rings. The van der Waals surface area contributed by atoms with Gasteiger partial charge in [-0.1, -0.05) is 52.4 Å². The van der Waals surface area contributed by atoms with Crippen molar-refractivity contribution in [3.05, 3.63) is 17.7 Å². The molecule has 0 saturated carbocycles. The van der Waals surface area contributed by atoms with E-state index in [2.05, 4.69) is 43.6 Å². The van der Waals surface area contributed by atoms with Crippen LogP contribution in [0.3, 0.4) is 0 Å². The monoisotopic (exact) mass is 250 g/mol. The molecule has 0 aliphatic heterocycles. The highest BCUT2D eigenvalue weighted by Gasteiger charge is 2.09. The van der Waals surface area contributed by atoms with E-state index in [9.17, 15) is 0 Å². The van der Waals surface area contributed by atoms with Gasteiger partial charge in [0.25, 0.3) is 0 Å². The van der Waals surface area contributed by atoms with Crippen molar-refractivity contribution in [3.8, 4) is 0 Å². The number of aromatic nitrogens is 2. The van der Waals surface area contributed by atoms with Gasteiger partial charge in [0, 0.05) is 13.2 Å². The summed E-state index contributed by atoms with van der Waals surface area (Å²) in [6, 6.07) is 0. The molecule has 2 heteroatoms. The van der Waals surface area contributed by atoms with Gasteiger partial charge in [0.05, 0.1) is 5.69 Å². The van der Waals surface area contributed by atoms with Gasteiger partial charge in [-0.2, -0.15) is 0 Å². The van der Waals surface area contributed by atoms with Crippen LogP contribution < -0.4 is 0 Å². The molecule has 0 aliphatic carbocycles. The van der Waals surface area contributed by atoms with Gasteiger partial charge in [0.1, 0.15) is 5.82 Å². The number of imidazole rings is 1. The lowest BCUT2D eigenvalue weighted by Crippen LogP contribution is -2.03. The van der Waals surface area contributed by atoms with Crippen LogP contribution in [0.4, 0.5) is 0 Å². The van der Waals surface area contributed by atoms with Crippen molar-refractivity contribution < 1.29 is 0 Å². The number of rotatable bonds is 9. The third kappa shape index (κ3) is 5.24. The summed E-state index contributed by atoms with van der Waals surface area (Å²) < 4.78 is 2.13. The molecule has 1 rings (SSSR count). The van der Waals surface area contributed by atoms with E-state index < -0.39 is 0 Å². The summed E-state index contributed by atoms with van der Waals surface area (Å²) in [7, 11) is 2.08. The number of nitrogens with zero attached hydrogens (tertiary/aromatic N) is 2. The zero-order valence-electron chi connectivity index (χ0n) is 12.7. The third-order valence-electron chi connectivity index (χ3n) is 3.88. The van der Waals surface area contributed by atoms with Gasteiger partial charge < -0.3 is 4.57 Å². The average Bonchev–Trinajstić information content (AvgIpc) is 2.66. The minimum atomic E-state index is 0.906. The maximum atomic E-state index is 4.60. The van der Waals surface area contributed by atoms with Crippen molar-refractivity contribution in [2.24, 2.45) is 13.0 Å². The number of aryl methyl sites for hydroxylation is 3. The lowest BCUT2D eigenvalue weighted by molar-refractivity contribution is 0.397. The van der Waals surface area contributed by atoms with Gasteiger partial charge in [0.15, 0.2) is 0 Å². The Morgan fingerprint density at radius 1 is 1.11 bits per heavy atom. The van der Waals surface area contributed by atoms with Crippen molar-refractivity contribution in [2.75, 3.05) is 0 Å². The molecule has 1 unspecified atom stereocenters. The molecule has 1 aromatic rings. The van der Waals surface area contributed by atoms with E-state index in [1.54, 1.807) is 0 Å². The van der Waals surface area contributed by atoms with Crippen molar-refractivity contribution in [2.45, 2.75) is 72.1 Å². The van der Waals surface area contributed by atoms with Crippen molar-refractivity contribution in [1.82, 2.24) is 9.55 Å². The highest BCUT2D eigenvalue weighted by molar-refractivity contribution is 5.02. The van der Waals surface area contributed by atoms with E-state index in [0.29, 0.717) is 0 Å². The molecule has 1 aromatic heterocycles. The van der Waals surface area contributed by atoms with Crippen LogP contribution in [0.15, 0.2) is 6.20 Å². The van der Waals surface area contributed by atoms with E-state index >= 15 is 0 Å². The van der Waals surface area contributed by atoms with Crippen LogP contribution in [-0.2, 0) is 13.5 Å². The molecule has 2 nitrogen and oxygen atoms in total. The molecule has 0 spiro atoms. The van der Waals surface area contributed by atoms with Crippen molar-refractivity contribution in [3.63, 3.8) is 0 Å². The second kappa shape index (κ2) is 8.34. The second-order valence-electron chi connectivity index (χ2n) is 5.58. The Morgan fingerprint density at radius 2 is 1.89 bits per heavy atom. The van der Waals surface area contributed by atoms with Crippen LogP contribution in [0, 0.1) is 12.8 Å². The van der Waals surface area contributed by atoms with Gasteiger partial charge in [0.2, 0.25) is 0 Å². The Labute approximate surface area is 113 Å². The Balaban J connectivity index is 2.36. The van der Waals surface area contributed by atoms with Gasteiger partial charge in [-0.05, 0) is 25.7 Å². The highest BCUT2D eigenvalue weighted by atomic mass is 15.0. The minimum absolute atomic E-state index is 0.906. The molecule has 0 radical (unpaired) electrons. The first-order valence-corrected chi connectivity index (χ1v) is 7.66. The fourth-order valence-electron chi connectivity index (χ4n) is 2.63. The van der Waals surface area contributed by atoms with Gasteiger partial charge in [-0.15, -0.1) is 0 Å². The molecule has 1 atom stereocenters. The smallest absolute Gasteiger partial charge is 0.105 e. The maximum absolute atomic E-state index is 4.60. The summed E-state index contributed by atoms with van der Waals surface area (Å²) >= 11 is 0. The molecule has 0 saturated heterocycles. The predicted octanol–water partition coefficient (Wildman–Crippen LogP) is 4.66. The molecular formula is C16H30N2. The zero-order valence-corrected chi connectivity index (χ0v) is 12.7. The van der Waals surface area contributed by atoms with Gasteiger partial charge in [-0.3, -0.25) is 0 Å². The summed E-state index contributed by atoms with van der Waals surface area (Å²) in [5.41, 5.74) is 1.27. The van der Waals surface area contributed by atoms with Crippen molar-refractivity contribution in [1.29, 1.82) is 0 Å². The van der Waals surface area contributed by atoms with E-state index in [0.717, 1.165) is 18.2 Å². The maximum Gasteiger partial charge on any atom is 0.105 e. The molecule has 1 heterocycles. The minimum Gasteiger partial charge on any atom is -0.338 e. The van der Waals surface area contributed by atoms with E-state index in [1.165, 1.54) is 50.6 Å². The first-order chi connectivity index (χ1) is 8.67. The average molecular weight is 250 g/mol. The SMILES string of the molecule is CCCCCC(CCC)CCc1cn(C)c(C)n1. The van der Waals surface area contributed by atoms with E-state index in [1.807, 2.05) is 0 Å². The first-order valence-electron chi connectivity index (χ1n) is 7.66. The topological polar surface area (TPSA) is 17.8 Å². The lowest BCUT2D eigenvalue weighted by atomic mass is 9.91. The van der Waals surface area contributed by atoms with Crippen LogP contribution in [0.25, 0.3) is 0 Å². The molecule has 104 valence electrons. The number of hydrogen-bond donors (Lipinski definition) is 0. The van der Waals surface area contributed by atoms with Crippen LogP contribution >= 0.6 is 0 Å². The molecule has 0 bridgehead atoms. The Bertz CT molecular complexity index is 308. The molecule has 0 aliphatic rings. The molecule has 0 amide bonds. The normalized spacial score (nSPS) is 12.9. The fraction of sp³-hybridized carbons (Fsp3) is 0.812. The summed E-state index contributed by atoms with van der Waals surface area (Å²) in [6.07, 6.45) is 12.9. The fourth-order valence-corrected chi connectivity index (χ4v) is 2.63. The van der Waals surface area contributed by atoms with Crippen LogP contribution in [0.5, 0.6) is 0 Å². The van der Waals surface area contributed by atoms with Crippen LogP contribution in [-0.4, -0.2) is 9.55 Å². The Hall–Kier alpha value is -0.790. The van der Waals surface area contributed by atoms with Crippen LogP contribution in [0.1, 0.15) is 70.3 Å².